The van der Waals surface area contributed by atoms with Crippen LogP contribution in [-0.4, -0.2) is 30.7 Å². The Kier molecular flexibility index (Phi) is 6.31. The molecule has 0 N–H and O–H groups in total. The maximum atomic E-state index is 12.2. The maximum Gasteiger partial charge on any atom is 0.102 e. The first-order chi connectivity index (χ1) is 6.04. The third kappa shape index (κ3) is 4.08. The van der Waals surface area contributed by atoms with Gasteiger partial charge in [-0.3, -0.25) is 4.90 Å². The summed E-state index contributed by atoms with van der Waals surface area (Å²) < 4.78 is 12.2. The van der Waals surface area contributed by atoms with E-state index in [1.807, 2.05) is 0 Å². The van der Waals surface area contributed by atoms with Gasteiger partial charge in [0.05, 0.1) is 0 Å². The topological polar surface area (TPSA) is 3.24 Å². The highest BCUT2D eigenvalue weighted by molar-refractivity contribution is 4.73. The van der Waals surface area contributed by atoms with Crippen molar-refractivity contribution in [3.05, 3.63) is 0 Å². The van der Waals surface area contributed by atoms with Gasteiger partial charge in [-0.05, 0) is 25.3 Å². The van der Waals surface area contributed by atoms with Gasteiger partial charge in [0.1, 0.15) is 6.67 Å². The van der Waals surface area contributed by atoms with E-state index in [4.69, 9.17) is 0 Å². The Morgan fingerprint density at radius 3 is 2.00 bits per heavy atom. The van der Waals surface area contributed by atoms with Crippen LogP contribution >= 0.6 is 0 Å². The molecule has 0 spiro atoms. The fourth-order valence-electron chi connectivity index (χ4n) is 1.65. The van der Waals surface area contributed by atoms with Crippen molar-refractivity contribution in [3.63, 3.8) is 0 Å². The van der Waals surface area contributed by atoms with Crippen molar-refractivity contribution < 1.29 is 4.39 Å². The summed E-state index contributed by atoms with van der Waals surface area (Å²) in [6.07, 6.45) is 0. The highest BCUT2D eigenvalue weighted by Gasteiger charge is 2.20. The predicted molar refractivity (Wildman–Crippen MR) is 56.7 cm³/mol. The van der Waals surface area contributed by atoms with Crippen LogP contribution in [0.15, 0.2) is 0 Å². The molecule has 0 heterocycles. The van der Waals surface area contributed by atoms with Crippen LogP contribution in [0.5, 0.6) is 0 Å². The van der Waals surface area contributed by atoms with Gasteiger partial charge in [0.2, 0.25) is 0 Å². The summed E-state index contributed by atoms with van der Waals surface area (Å²) in [7, 11) is 0. The van der Waals surface area contributed by atoms with E-state index >= 15 is 0 Å². The molecule has 0 aliphatic carbocycles. The van der Waals surface area contributed by atoms with Crippen molar-refractivity contribution in [2.45, 2.75) is 40.7 Å². The van der Waals surface area contributed by atoms with E-state index in [-0.39, 0.29) is 6.67 Å². The first-order valence-corrected chi connectivity index (χ1v) is 5.34. The summed E-state index contributed by atoms with van der Waals surface area (Å²) in [6.45, 7) is 12.3. The Bertz CT molecular complexity index is 125. The molecular formula is C11H24FN. The third-order valence-corrected chi connectivity index (χ3v) is 3.17. The van der Waals surface area contributed by atoms with Crippen LogP contribution in [0.4, 0.5) is 4.39 Å². The van der Waals surface area contributed by atoms with Crippen LogP contribution in [0.1, 0.15) is 34.6 Å². The van der Waals surface area contributed by atoms with Crippen LogP contribution in [0.3, 0.4) is 0 Å². The summed E-state index contributed by atoms with van der Waals surface area (Å²) in [6, 6.07) is 0.487. The molecule has 0 rings (SSSR count). The van der Waals surface area contributed by atoms with Crippen molar-refractivity contribution in [2.24, 2.45) is 11.8 Å². The largest absolute Gasteiger partial charge is 0.298 e. The number of hydrogen-bond acceptors (Lipinski definition) is 1. The van der Waals surface area contributed by atoms with Crippen molar-refractivity contribution in [3.8, 4) is 0 Å². The lowest BCUT2D eigenvalue weighted by Gasteiger charge is -2.33. The van der Waals surface area contributed by atoms with Crippen molar-refractivity contribution in [2.75, 3.05) is 19.8 Å². The number of hydrogen-bond donors (Lipinski definition) is 0. The molecule has 0 aliphatic rings. The standard InChI is InChI=1S/C11H24FN/c1-6-13(8-7-12)11(5)10(4)9(2)3/h9-11H,6-8H2,1-5H3/t10?,11-/m1/s1. The summed E-state index contributed by atoms with van der Waals surface area (Å²) >= 11 is 0. The fraction of sp³-hybridized carbons (Fsp3) is 1.00. The Labute approximate surface area is 82.3 Å². The van der Waals surface area contributed by atoms with E-state index < -0.39 is 0 Å². The molecule has 0 saturated heterocycles. The maximum absolute atomic E-state index is 12.2. The molecular weight excluding hydrogens is 165 g/mol. The third-order valence-electron chi connectivity index (χ3n) is 3.17. The first-order valence-electron chi connectivity index (χ1n) is 5.34. The lowest BCUT2D eigenvalue weighted by atomic mass is 9.90. The molecule has 0 aromatic carbocycles. The zero-order valence-electron chi connectivity index (χ0n) is 9.68. The fourth-order valence-corrected chi connectivity index (χ4v) is 1.65. The Hall–Kier alpha value is -0.110. The van der Waals surface area contributed by atoms with E-state index in [1.54, 1.807) is 0 Å². The summed E-state index contributed by atoms with van der Waals surface area (Å²) in [4.78, 5) is 2.21. The van der Waals surface area contributed by atoms with E-state index in [9.17, 15) is 4.39 Å². The number of rotatable bonds is 6. The Balaban J connectivity index is 4.10. The molecule has 13 heavy (non-hydrogen) atoms. The number of nitrogens with zero attached hydrogens (tertiary/aromatic N) is 1. The highest BCUT2D eigenvalue weighted by Crippen LogP contribution is 2.18. The molecule has 80 valence electrons. The second kappa shape index (κ2) is 6.36. The number of halogens is 1. The molecule has 1 nitrogen and oxygen atoms in total. The quantitative estimate of drug-likeness (QED) is 0.621. The van der Waals surface area contributed by atoms with Crippen molar-refractivity contribution in [1.29, 1.82) is 0 Å². The minimum absolute atomic E-state index is 0.233. The predicted octanol–water partition coefficient (Wildman–Crippen LogP) is 2.96. The highest BCUT2D eigenvalue weighted by atomic mass is 19.1. The van der Waals surface area contributed by atoms with E-state index in [0.29, 0.717) is 24.4 Å². The van der Waals surface area contributed by atoms with Crippen LogP contribution in [0.25, 0.3) is 0 Å². The van der Waals surface area contributed by atoms with Gasteiger partial charge in [-0.2, -0.15) is 0 Å². The van der Waals surface area contributed by atoms with E-state index in [0.717, 1.165) is 6.54 Å². The zero-order valence-corrected chi connectivity index (χ0v) is 9.68. The average Bonchev–Trinajstić information content (AvgIpc) is 2.11. The number of alkyl halides is 1. The minimum Gasteiger partial charge on any atom is -0.298 e. The van der Waals surface area contributed by atoms with Crippen LogP contribution in [0.2, 0.25) is 0 Å². The van der Waals surface area contributed by atoms with E-state index in [2.05, 4.69) is 39.5 Å². The van der Waals surface area contributed by atoms with Crippen molar-refractivity contribution in [1.82, 2.24) is 4.90 Å². The molecule has 0 amide bonds. The van der Waals surface area contributed by atoms with Gasteiger partial charge >= 0.3 is 0 Å². The van der Waals surface area contributed by atoms with Gasteiger partial charge in [-0.15, -0.1) is 0 Å². The molecule has 0 aliphatic heterocycles. The normalized spacial score (nSPS) is 16.6. The van der Waals surface area contributed by atoms with Gasteiger partial charge in [-0.25, -0.2) is 4.39 Å². The first kappa shape index (κ1) is 12.9. The minimum atomic E-state index is -0.233. The summed E-state index contributed by atoms with van der Waals surface area (Å²) in [5, 5.41) is 0. The molecule has 1 unspecified atom stereocenters. The summed E-state index contributed by atoms with van der Waals surface area (Å²) in [5.74, 6) is 1.30. The zero-order chi connectivity index (χ0) is 10.4. The Morgan fingerprint density at radius 1 is 1.15 bits per heavy atom. The molecule has 2 atom stereocenters. The SMILES string of the molecule is CCN(CCF)[C@H](C)C(C)C(C)C. The van der Waals surface area contributed by atoms with Crippen LogP contribution < -0.4 is 0 Å². The van der Waals surface area contributed by atoms with E-state index in [1.165, 1.54) is 0 Å². The van der Waals surface area contributed by atoms with Gasteiger partial charge in [0.25, 0.3) is 0 Å². The van der Waals surface area contributed by atoms with Gasteiger partial charge in [0, 0.05) is 12.6 Å². The second-order valence-electron chi connectivity index (χ2n) is 4.16. The van der Waals surface area contributed by atoms with Crippen molar-refractivity contribution >= 4 is 0 Å². The van der Waals surface area contributed by atoms with Gasteiger partial charge in [-0.1, -0.05) is 27.7 Å². The molecule has 0 bridgehead atoms. The lowest BCUT2D eigenvalue weighted by Crippen LogP contribution is -2.40. The van der Waals surface area contributed by atoms with Gasteiger partial charge < -0.3 is 0 Å². The molecule has 0 aromatic rings. The molecule has 0 radical (unpaired) electrons. The smallest absolute Gasteiger partial charge is 0.102 e. The Morgan fingerprint density at radius 2 is 1.69 bits per heavy atom. The van der Waals surface area contributed by atoms with Gasteiger partial charge in [0.15, 0.2) is 0 Å². The monoisotopic (exact) mass is 189 g/mol. The molecule has 0 saturated carbocycles. The van der Waals surface area contributed by atoms with Crippen LogP contribution in [-0.2, 0) is 0 Å². The molecule has 0 aromatic heterocycles. The summed E-state index contributed by atoms with van der Waals surface area (Å²) in [5.41, 5.74) is 0. The molecule has 0 fully saturated rings. The lowest BCUT2D eigenvalue weighted by molar-refractivity contribution is 0.135. The average molecular weight is 189 g/mol. The molecule has 2 heteroatoms. The second-order valence-corrected chi connectivity index (χ2v) is 4.16. The van der Waals surface area contributed by atoms with Crippen LogP contribution in [0, 0.1) is 11.8 Å².